The maximum atomic E-state index is 13.3. The summed E-state index contributed by atoms with van der Waals surface area (Å²) in [4.78, 5) is 35.1. The van der Waals surface area contributed by atoms with Crippen LogP contribution in [0.25, 0.3) is 6.08 Å². The number of halogens is 1. The van der Waals surface area contributed by atoms with Gasteiger partial charge in [-0.25, -0.2) is 9.18 Å². The van der Waals surface area contributed by atoms with Gasteiger partial charge in [-0.3, -0.25) is 14.9 Å². The summed E-state index contributed by atoms with van der Waals surface area (Å²) >= 11 is 0. The first kappa shape index (κ1) is 19.0. The van der Waals surface area contributed by atoms with Crippen molar-refractivity contribution in [1.29, 1.82) is 0 Å². The van der Waals surface area contributed by atoms with Crippen molar-refractivity contribution in [3.8, 4) is 11.5 Å². The van der Waals surface area contributed by atoms with E-state index in [4.69, 9.17) is 9.47 Å². The van der Waals surface area contributed by atoms with Crippen LogP contribution in [0.15, 0.2) is 72.5 Å². The Morgan fingerprint density at radius 1 is 1.07 bits per heavy atom. The van der Waals surface area contributed by atoms with Crippen LogP contribution in [0.2, 0.25) is 0 Å². The van der Waals surface area contributed by atoms with Crippen LogP contribution in [-0.2, 0) is 0 Å². The largest absolute Gasteiger partial charge is 0.452 e. The Morgan fingerprint density at radius 2 is 1.87 bits per heavy atom. The van der Waals surface area contributed by atoms with Gasteiger partial charge in [0, 0.05) is 18.2 Å². The van der Waals surface area contributed by atoms with Gasteiger partial charge in [0.2, 0.25) is 5.78 Å². The van der Waals surface area contributed by atoms with E-state index >= 15 is 0 Å². The molecular formula is C22H12FNO6. The van der Waals surface area contributed by atoms with E-state index in [1.165, 1.54) is 60.7 Å². The summed E-state index contributed by atoms with van der Waals surface area (Å²) in [5, 5.41) is 10.9. The number of hydrogen-bond acceptors (Lipinski definition) is 6. The third-order valence-corrected chi connectivity index (χ3v) is 4.29. The second-order valence-electron chi connectivity index (χ2n) is 6.35. The SMILES string of the molecule is O=C(Oc1ccc2c(c1)O/C(=C\c1cccc([N+](=O)[O-])c1)C2=O)c1cccc(F)c1. The second-order valence-corrected chi connectivity index (χ2v) is 6.35. The van der Waals surface area contributed by atoms with Gasteiger partial charge in [-0.05, 0) is 42.0 Å². The van der Waals surface area contributed by atoms with E-state index in [2.05, 4.69) is 0 Å². The number of fused-ring (bicyclic) bond motifs is 1. The summed E-state index contributed by atoms with van der Waals surface area (Å²) in [6.07, 6.45) is 1.40. The molecule has 1 heterocycles. The standard InChI is InChI=1S/C22H12FNO6/c23-15-5-2-4-14(11-15)22(26)29-17-7-8-18-19(12-17)30-20(21(18)25)10-13-3-1-6-16(9-13)24(27)28/h1-12H/b20-10-. The molecule has 1 aliphatic heterocycles. The molecule has 0 aromatic heterocycles. The minimum atomic E-state index is -0.758. The van der Waals surface area contributed by atoms with Crippen molar-refractivity contribution in [2.24, 2.45) is 0 Å². The van der Waals surface area contributed by atoms with Gasteiger partial charge in [-0.15, -0.1) is 0 Å². The molecule has 3 aromatic carbocycles. The number of nitro groups is 1. The number of ketones is 1. The third-order valence-electron chi connectivity index (χ3n) is 4.29. The molecule has 0 saturated carbocycles. The Balaban J connectivity index is 1.56. The molecule has 3 aromatic rings. The van der Waals surface area contributed by atoms with E-state index in [1.807, 2.05) is 0 Å². The highest BCUT2D eigenvalue weighted by molar-refractivity contribution is 6.14. The van der Waals surface area contributed by atoms with Crippen LogP contribution in [0.4, 0.5) is 10.1 Å². The molecule has 0 saturated heterocycles. The predicted octanol–water partition coefficient (Wildman–Crippen LogP) is 4.57. The minimum absolute atomic E-state index is 0.0147. The normalized spacial score (nSPS) is 13.6. The number of nitro benzene ring substituents is 1. The maximum absolute atomic E-state index is 13.3. The van der Waals surface area contributed by atoms with Gasteiger partial charge in [0.15, 0.2) is 5.76 Å². The molecule has 0 spiro atoms. The zero-order chi connectivity index (χ0) is 21.3. The van der Waals surface area contributed by atoms with Crippen molar-refractivity contribution in [3.63, 3.8) is 0 Å². The lowest BCUT2D eigenvalue weighted by molar-refractivity contribution is -0.384. The highest BCUT2D eigenvalue weighted by Crippen LogP contribution is 2.35. The number of Topliss-reactive ketones (excluding diaryl/α,β-unsaturated/α-hetero) is 1. The quantitative estimate of drug-likeness (QED) is 0.207. The van der Waals surface area contributed by atoms with Gasteiger partial charge in [0.25, 0.3) is 5.69 Å². The summed E-state index contributed by atoms with van der Waals surface area (Å²) < 4.78 is 24.1. The Kier molecular flexibility index (Phi) is 4.81. The van der Waals surface area contributed by atoms with E-state index in [0.29, 0.717) is 5.56 Å². The molecule has 0 fully saturated rings. The Hall–Kier alpha value is -4.33. The van der Waals surface area contributed by atoms with Crippen LogP contribution < -0.4 is 9.47 Å². The van der Waals surface area contributed by atoms with E-state index in [9.17, 15) is 24.1 Å². The fourth-order valence-electron chi connectivity index (χ4n) is 2.89. The van der Waals surface area contributed by atoms with Crippen molar-refractivity contribution in [3.05, 3.63) is 105 Å². The van der Waals surface area contributed by atoms with Crippen LogP contribution in [0.3, 0.4) is 0 Å². The number of hydrogen-bond donors (Lipinski definition) is 0. The molecule has 0 radical (unpaired) electrons. The predicted molar refractivity (Wildman–Crippen MR) is 104 cm³/mol. The lowest BCUT2D eigenvalue weighted by Crippen LogP contribution is -2.08. The summed E-state index contributed by atoms with van der Waals surface area (Å²) in [7, 11) is 0. The smallest absolute Gasteiger partial charge is 0.343 e. The fourth-order valence-corrected chi connectivity index (χ4v) is 2.89. The maximum Gasteiger partial charge on any atom is 0.343 e. The molecule has 30 heavy (non-hydrogen) atoms. The molecule has 8 heteroatoms. The molecule has 0 aliphatic carbocycles. The summed E-state index contributed by atoms with van der Waals surface area (Å²) in [5.41, 5.74) is 0.618. The number of allylic oxidation sites excluding steroid dienone is 1. The van der Waals surface area contributed by atoms with Gasteiger partial charge >= 0.3 is 5.97 Å². The number of carbonyl (C=O) groups excluding carboxylic acids is 2. The average molecular weight is 405 g/mol. The van der Waals surface area contributed by atoms with Crippen molar-refractivity contribution in [1.82, 2.24) is 0 Å². The number of benzene rings is 3. The van der Waals surface area contributed by atoms with E-state index in [1.54, 1.807) is 6.07 Å². The Bertz CT molecular complexity index is 1230. The van der Waals surface area contributed by atoms with Crippen molar-refractivity contribution in [2.75, 3.05) is 0 Å². The first-order valence-electron chi connectivity index (χ1n) is 8.71. The van der Waals surface area contributed by atoms with Crippen LogP contribution in [0.1, 0.15) is 26.3 Å². The summed E-state index contributed by atoms with van der Waals surface area (Å²) in [6, 6.07) is 15.1. The zero-order valence-electron chi connectivity index (χ0n) is 15.2. The number of ether oxygens (including phenoxy) is 2. The monoisotopic (exact) mass is 405 g/mol. The molecule has 148 valence electrons. The van der Waals surface area contributed by atoms with Gasteiger partial charge in [0.05, 0.1) is 16.1 Å². The summed E-state index contributed by atoms with van der Waals surface area (Å²) in [6.45, 7) is 0. The van der Waals surface area contributed by atoms with Crippen molar-refractivity contribution in [2.45, 2.75) is 0 Å². The van der Waals surface area contributed by atoms with Gasteiger partial charge in [-0.1, -0.05) is 18.2 Å². The number of esters is 1. The van der Waals surface area contributed by atoms with E-state index in [0.717, 1.165) is 6.07 Å². The minimum Gasteiger partial charge on any atom is -0.452 e. The Morgan fingerprint density at radius 3 is 2.63 bits per heavy atom. The molecule has 4 rings (SSSR count). The third kappa shape index (κ3) is 3.79. The molecule has 0 amide bonds. The van der Waals surface area contributed by atoms with Crippen LogP contribution in [0.5, 0.6) is 11.5 Å². The molecule has 0 N–H and O–H groups in total. The molecule has 0 unspecified atom stereocenters. The van der Waals surface area contributed by atoms with Gasteiger partial charge in [-0.2, -0.15) is 0 Å². The molecule has 7 nitrogen and oxygen atoms in total. The fraction of sp³-hybridized carbons (Fsp3) is 0. The number of carbonyl (C=O) groups is 2. The van der Waals surface area contributed by atoms with Gasteiger partial charge < -0.3 is 9.47 Å². The highest BCUT2D eigenvalue weighted by Gasteiger charge is 2.28. The van der Waals surface area contributed by atoms with Crippen molar-refractivity contribution < 1.29 is 28.4 Å². The molecular weight excluding hydrogens is 393 g/mol. The zero-order valence-corrected chi connectivity index (χ0v) is 15.2. The number of rotatable bonds is 4. The number of non-ortho nitro benzene ring substituents is 1. The summed E-state index contributed by atoms with van der Waals surface area (Å²) in [5.74, 6) is -1.44. The Labute approximate surface area is 169 Å². The topological polar surface area (TPSA) is 95.7 Å². The number of nitrogens with zero attached hydrogens (tertiary/aromatic N) is 1. The van der Waals surface area contributed by atoms with Gasteiger partial charge in [0.1, 0.15) is 17.3 Å². The van der Waals surface area contributed by atoms with E-state index in [-0.39, 0.29) is 34.1 Å². The van der Waals surface area contributed by atoms with Crippen LogP contribution in [-0.4, -0.2) is 16.7 Å². The molecule has 1 aliphatic rings. The first-order valence-corrected chi connectivity index (χ1v) is 8.71. The van der Waals surface area contributed by atoms with Crippen LogP contribution in [0, 0.1) is 15.9 Å². The lowest BCUT2D eigenvalue weighted by Gasteiger charge is -2.05. The van der Waals surface area contributed by atoms with E-state index < -0.39 is 22.5 Å². The molecule has 0 bridgehead atoms. The van der Waals surface area contributed by atoms with Crippen LogP contribution >= 0.6 is 0 Å². The lowest BCUT2D eigenvalue weighted by atomic mass is 10.1. The second kappa shape index (κ2) is 7.59. The highest BCUT2D eigenvalue weighted by atomic mass is 19.1. The molecule has 0 atom stereocenters. The first-order chi connectivity index (χ1) is 14.4. The average Bonchev–Trinajstić information content (AvgIpc) is 3.03. The van der Waals surface area contributed by atoms with Crippen molar-refractivity contribution >= 4 is 23.5 Å².